The summed E-state index contributed by atoms with van der Waals surface area (Å²) < 4.78 is 11.3. The van der Waals surface area contributed by atoms with Crippen molar-refractivity contribution in [3.05, 3.63) is 0 Å². The number of ether oxygens (including phenoxy) is 2. The van der Waals surface area contributed by atoms with Crippen LogP contribution in [0.15, 0.2) is 0 Å². The van der Waals surface area contributed by atoms with Crippen LogP contribution in [0.1, 0.15) is 27.2 Å². The van der Waals surface area contributed by atoms with Crippen LogP contribution in [0.4, 0.5) is 0 Å². The molecular formula is C13H24N2O3. The van der Waals surface area contributed by atoms with E-state index in [1.807, 2.05) is 25.7 Å². The zero-order valence-corrected chi connectivity index (χ0v) is 11.5. The molecule has 2 rings (SSSR count). The standard InChI is InChI=1S/C13H24N2O3/c1-9-4-10(7-17-9)12(16)15-6-11(5-14)18-13(2,3)8-15/h9-11H,4-8,14H2,1-3H3. The Morgan fingerprint density at radius 2 is 2.22 bits per heavy atom. The monoisotopic (exact) mass is 256 g/mol. The van der Waals surface area contributed by atoms with Gasteiger partial charge in [-0.1, -0.05) is 0 Å². The Bertz CT molecular complexity index is 319. The minimum absolute atomic E-state index is 0.00678. The summed E-state index contributed by atoms with van der Waals surface area (Å²) >= 11 is 0. The summed E-state index contributed by atoms with van der Waals surface area (Å²) in [6.45, 7) is 8.25. The first-order valence-corrected chi connectivity index (χ1v) is 6.69. The van der Waals surface area contributed by atoms with Crippen LogP contribution in [-0.4, -0.2) is 54.9 Å². The number of carbonyl (C=O) groups excluding carboxylic acids is 1. The SMILES string of the molecule is CC1CC(C(=O)N2CC(CN)OC(C)(C)C2)CO1. The summed E-state index contributed by atoms with van der Waals surface area (Å²) in [5, 5.41) is 0. The molecule has 2 heterocycles. The van der Waals surface area contributed by atoms with Gasteiger partial charge in [-0.2, -0.15) is 0 Å². The van der Waals surface area contributed by atoms with E-state index >= 15 is 0 Å². The van der Waals surface area contributed by atoms with Crippen LogP contribution in [-0.2, 0) is 14.3 Å². The Morgan fingerprint density at radius 3 is 2.78 bits per heavy atom. The first kappa shape index (κ1) is 13.8. The summed E-state index contributed by atoms with van der Waals surface area (Å²) in [5.74, 6) is 0.196. The number of morpholine rings is 1. The molecule has 3 unspecified atom stereocenters. The van der Waals surface area contributed by atoms with E-state index in [0.717, 1.165) is 6.42 Å². The number of hydrogen-bond acceptors (Lipinski definition) is 4. The molecule has 0 bridgehead atoms. The molecule has 0 aromatic heterocycles. The summed E-state index contributed by atoms with van der Waals surface area (Å²) in [4.78, 5) is 14.3. The van der Waals surface area contributed by atoms with Gasteiger partial charge in [-0.15, -0.1) is 0 Å². The predicted molar refractivity (Wildman–Crippen MR) is 68.1 cm³/mol. The smallest absolute Gasteiger partial charge is 0.228 e. The Labute approximate surface area is 109 Å². The number of nitrogens with two attached hydrogens (primary N) is 1. The molecule has 0 aliphatic carbocycles. The van der Waals surface area contributed by atoms with Crippen LogP contribution < -0.4 is 5.73 Å². The summed E-state index contributed by atoms with van der Waals surface area (Å²) in [6, 6.07) is 0. The van der Waals surface area contributed by atoms with E-state index < -0.39 is 0 Å². The zero-order chi connectivity index (χ0) is 13.3. The van der Waals surface area contributed by atoms with E-state index in [1.165, 1.54) is 0 Å². The third-order valence-electron chi connectivity index (χ3n) is 3.60. The average molecular weight is 256 g/mol. The molecule has 18 heavy (non-hydrogen) atoms. The van der Waals surface area contributed by atoms with Crippen LogP contribution in [0.3, 0.4) is 0 Å². The molecule has 0 aromatic rings. The van der Waals surface area contributed by atoms with Crippen molar-refractivity contribution in [2.45, 2.75) is 45.0 Å². The highest BCUT2D eigenvalue weighted by Crippen LogP contribution is 2.26. The second-order valence-corrected chi connectivity index (χ2v) is 6.03. The van der Waals surface area contributed by atoms with Gasteiger partial charge in [0.1, 0.15) is 0 Å². The third-order valence-corrected chi connectivity index (χ3v) is 3.60. The lowest BCUT2D eigenvalue weighted by Crippen LogP contribution is -2.57. The fourth-order valence-corrected chi connectivity index (χ4v) is 2.83. The van der Waals surface area contributed by atoms with Gasteiger partial charge < -0.3 is 20.1 Å². The maximum absolute atomic E-state index is 12.4. The van der Waals surface area contributed by atoms with Crippen molar-refractivity contribution in [1.29, 1.82) is 0 Å². The highest BCUT2D eigenvalue weighted by atomic mass is 16.5. The largest absolute Gasteiger partial charge is 0.378 e. The number of carbonyl (C=O) groups is 1. The van der Waals surface area contributed by atoms with Crippen LogP contribution in [0.2, 0.25) is 0 Å². The van der Waals surface area contributed by atoms with Crippen molar-refractivity contribution in [3.8, 4) is 0 Å². The van der Waals surface area contributed by atoms with E-state index in [-0.39, 0.29) is 29.6 Å². The number of rotatable bonds is 2. The van der Waals surface area contributed by atoms with Gasteiger partial charge in [-0.3, -0.25) is 4.79 Å². The Balaban J connectivity index is 2.00. The normalized spacial score (nSPS) is 35.8. The third kappa shape index (κ3) is 3.02. The number of nitrogens with zero attached hydrogens (tertiary/aromatic N) is 1. The Morgan fingerprint density at radius 1 is 1.50 bits per heavy atom. The number of amides is 1. The van der Waals surface area contributed by atoms with Crippen molar-refractivity contribution >= 4 is 5.91 Å². The number of hydrogen-bond donors (Lipinski definition) is 1. The fraction of sp³-hybridized carbons (Fsp3) is 0.923. The molecule has 0 radical (unpaired) electrons. The summed E-state index contributed by atoms with van der Waals surface area (Å²) in [7, 11) is 0. The Hall–Kier alpha value is -0.650. The van der Waals surface area contributed by atoms with Crippen LogP contribution in [0.25, 0.3) is 0 Å². The molecule has 0 aromatic carbocycles. The molecule has 1 amide bonds. The van der Waals surface area contributed by atoms with Gasteiger partial charge in [0.25, 0.3) is 0 Å². The molecule has 5 nitrogen and oxygen atoms in total. The van der Waals surface area contributed by atoms with Crippen LogP contribution in [0.5, 0.6) is 0 Å². The molecule has 2 aliphatic rings. The van der Waals surface area contributed by atoms with E-state index in [0.29, 0.717) is 26.2 Å². The van der Waals surface area contributed by atoms with Crippen LogP contribution >= 0.6 is 0 Å². The summed E-state index contributed by atoms with van der Waals surface area (Å²) in [5.41, 5.74) is 5.36. The first-order chi connectivity index (χ1) is 8.41. The molecule has 2 N–H and O–H groups in total. The molecule has 2 aliphatic heterocycles. The maximum atomic E-state index is 12.4. The topological polar surface area (TPSA) is 64.8 Å². The fourth-order valence-electron chi connectivity index (χ4n) is 2.83. The van der Waals surface area contributed by atoms with Gasteiger partial charge in [0.15, 0.2) is 0 Å². The highest BCUT2D eigenvalue weighted by molar-refractivity contribution is 5.79. The lowest BCUT2D eigenvalue weighted by atomic mass is 10.0. The van der Waals surface area contributed by atoms with E-state index in [4.69, 9.17) is 15.2 Å². The average Bonchev–Trinajstić information content (AvgIpc) is 2.72. The van der Waals surface area contributed by atoms with Crippen molar-refractivity contribution in [2.24, 2.45) is 11.7 Å². The molecule has 5 heteroatoms. The second-order valence-electron chi connectivity index (χ2n) is 6.03. The maximum Gasteiger partial charge on any atom is 0.228 e. The van der Waals surface area contributed by atoms with Gasteiger partial charge in [0.2, 0.25) is 5.91 Å². The summed E-state index contributed by atoms with van der Waals surface area (Å²) in [6.07, 6.45) is 0.958. The second kappa shape index (κ2) is 5.15. The van der Waals surface area contributed by atoms with Crippen molar-refractivity contribution < 1.29 is 14.3 Å². The molecule has 0 saturated carbocycles. The van der Waals surface area contributed by atoms with Crippen molar-refractivity contribution in [2.75, 3.05) is 26.2 Å². The molecule has 0 spiro atoms. The van der Waals surface area contributed by atoms with Crippen molar-refractivity contribution in [1.82, 2.24) is 4.90 Å². The lowest BCUT2D eigenvalue weighted by Gasteiger charge is -2.43. The highest BCUT2D eigenvalue weighted by Gasteiger charge is 2.39. The zero-order valence-electron chi connectivity index (χ0n) is 11.5. The van der Waals surface area contributed by atoms with Gasteiger partial charge in [-0.25, -0.2) is 0 Å². The molecule has 2 fully saturated rings. The molecular weight excluding hydrogens is 232 g/mol. The lowest BCUT2D eigenvalue weighted by molar-refractivity contribution is -0.162. The quantitative estimate of drug-likeness (QED) is 0.775. The van der Waals surface area contributed by atoms with E-state index in [1.54, 1.807) is 0 Å². The first-order valence-electron chi connectivity index (χ1n) is 6.69. The van der Waals surface area contributed by atoms with E-state index in [2.05, 4.69) is 0 Å². The minimum atomic E-state index is -0.316. The van der Waals surface area contributed by atoms with Gasteiger partial charge >= 0.3 is 0 Å². The predicted octanol–water partition coefficient (Wildman–Crippen LogP) is 0.376. The van der Waals surface area contributed by atoms with Crippen LogP contribution in [0, 0.1) is 5.92 Å². The molecule has 2 saturated heterocycles. The van der Waals surface area contributed by atoms with Gasteiger partial charge in [-0.05, 0) is 27.2 Å². The van der Waals surface area contributed by atoms with Crippen molar-refractivity contribution in [3.63, 3.8) is 0 Å². The molecule has 104 valence electrons. The van der Waals surface area contributed by atoms with E-state index in [9.17, 15) is 4.79 Å². The minimum Gasteiger partial charge on any atom is -0.378 e. The molecule has 3 atom stereocenters. The van der Waals surface area contributed by atoms with Gasteiger partial charge in [0.05, 0.1) is 30.3 Å². The Kier molecular flexibility index (Phi) is 3.94. The van der Waals surface area contributed by atoms with Gasteiger partial charge in [0, 0.05) is 19.6 Å².